The predicted molar refractivity (Wildman–Crippen MR) is 78.2 cm³/mol. The Kier molecular flexibility index (Phi) is 4.72. The molecule has 0 aliphatic rings. The number of halogens is 6. The van der Waals surface area contributed by atoms with Gasteiger partial charge in [0.15, 0.2) is 0 Å². The van der Waals surface area contributed by atoms with Gasteiger partial charge < -0.3 is 0 Å². The molecule has 2 aromatic carbocycles. The molecule has 2 rings (SSSR count). The second-order valence-corrected chi connectivity index (χ2v) is 5.89. The summed E-state index contributed by atoms with van der Waals surface area (Å²) in [6, 6.07) is 6.70. The van der Waals surface area contributed by atoms with Gasteiger partial charge in [0.05, 0.1) is 10.4 Å². The minimum atomic E-state index is -1.06. The first-order chi connectivity index (χ1) is 8.91. The topological polar surface area (TPSA) is 0 Å². The molecule has 0 N–H and O–H groups in total. The average Bonchev–Trinajstić information content (AvgIpc) is 2.33. The van der Waals surface area contributed by atoms with E-state index in [1.54, 1.807) is 0 Å². The summed E-state index contributed by atoms with van der Waals surface area (Å²) in [4.78, 5) is 0. The summed E-state index contributed by atoms with van der Waals surface area (Å²) in [7, 11) is 0. The van der Waals surface area contributed by atoms with Gasteiger partial charge in [-0.15, -0.1) is 11.6 Å². The van der Waals surface area contributed by atoms with Crippen molar-refractivity contribution in [2.45, 2.75) is 5.38 Å². The molecule has 2 aromatic rings. The first-order valence-electron chi connectivity index (χ1n) is 5.14. The van der Waals surface area contributed by atoms with Crippen molar-refractivity contribution in [1.82, 2.24) is 0 Å². The van der Waals surface area contributed by atoms with E-state index in [4.69, 9.17) is 34.8 Å². The maximum Gasteiger partial charge on any atom is 0.129 e. The Hall–Kier alpha value is -0.350. The largest absolute Gasteiger partial charge is 0.207 e. The lowest BCUT2D eigenvalue weighted by molar-refractivity contribution is 0.596. The summed E-state index contributed by atoms with van der Waals surface area (Å²) in [5.74, 6) is -1.18. The zero-order valence-corrected chi connectivity index (χ0v) is 13.1. The van der Waals surface area contributed by atoms with Crippen molar-refractivity contribution in [3.63, 3.8) is 0 Å². The quantitative estimate of drug-likeness (QED) is 0.416. The molecule has 1 atom stereocenters. The fourth-order valence-corrected chi connectivity index (χ4v) is 2.85. The highest BCUT2D eigenvalue weighted by molar-refractivity contribution is 9.10. The lowest BCUT2D eigenvalue weighted by Crippen LogP contribution is -2.01. The molecule has 6 heteroatoms. The average molecular weight is 386 g/mol. The lowest BCUT2D eigenvalue weighted by atomic mass is 10.0. The zero-order chi connectivity index (χ0) is 14.2. The van der Waals surface area contributed by atoms with Crippen LogP contribution in [-0.2, 0) is 0 Å². The van der Waals surface area contributed by atoms with Crippen LogP contribution in [0.15, 0.2) is 34.8 Å². The van der Waals surface area contributed by atoms with Crippen LogP contribution in [0.4, 0.5) is 8.78 Å². The van der Waals surface area contributed by atoms with Crippen molar-refractivity contribution in [3.8, 4) is 0 Å². The van der Waals surface area contributed by atoms with Crippen LogP contribution in [0, 0.1) is 11.6 Å². The molecule has 0 amide bonds. The molecule has 0 spiro atoms. The molecule has 0 radical (unpaired) electrons. The Balaban J connectivity index is 2.56. The molecule has 1 unspecified atom stereocenters. The Labute approximate surface area is 132 Å². The lowest BCUT2D eigenvalue weighted by Gasteiger charge is -2.14. The highest BCUT2D eigenvalue weighted by atomic mass is 79.9. The number of benzene rings is 2. The standard InChI is InChI=1S/C13H6BrCl3F2/c14-7-5-11(19)6(4-9(7)16)13(17)12-8(15)2-1-3-10(12)18/h1-5,13H. The molecule has 0 saturated carbocycles. The van der Waals surface area contributed by atoms with Crippen molar-refractivity contribution in [2.24, 2.45) is 0 Å². The zero-order valence-electron chi connectivity index (χ0n) is 9.23. The number of rotatable bonds is 2. The van der Waals surface area contributed by atoms with Crippen LogP contribution < -0.4 is 0 Å². The molecule has 19 heavy (non-hydrogen) atoms. The van der Waals surface area contributed by atoms with E-state index >= 15 is 0 Å². The molecule has 0 heterocycles. The minimum Gasteiger partial charge on any atom is -0.207 e. The second kappa shape index (κ2) is 5.96. The number of alkyl halides is 1. The molecule has 0 saturated heterocycles. The third-order valence-electron chi connectivity index (χ3n) is 2.57. The van der Waals surface area contributed by atoms with Gasteiger partial charge in [-0.1, -0.05) is 29.3 Å². The van der Waals surface area contributed by atoms with Crippen molar-refractivity contribution in [3.05, 3.63) is 67.6 Å². The molecule has 0 fully saturated rings. The fourth-order valence-electron chi connectivity index (χ4n) is 1.64. The van der Waals surface area contributed by atoms with Gasteiger partial charge >= 0.3 is 0 Å². The van der Waals surface area contributed by atoms with Gasteiger partial charge in [0, 0.05) is 20.6 Å². The summed E-state index contributed by atoms with van der Waals surface area (Å²) >= 11 is 21.0. The molecule has 0 aliphatic heterocycles. The summed E-state index contributed by atoms with van der Waals surface area (Å²) in [6.45, 7) is 0. The Bertz CT molecular complexity index is 611. The normalized spacial score (nSPS) is 12.5. The molecule has 100 valence electrons. The molecule has 0 bridgehead atoms. The van der Waals surface area contributed by atoms with Gasteiger partial charge in [0.2, 0.25) is 0 Å². The smallest absolute Gasteiger partial charge is 0.129 e. The summed E-state index contributed by atoms with van der Waals surface area (Å²) in [6.07, 6.45) is 0. The molecule has 0 aromatic heterocycles. The molecule has 0 aliphatic carbocycles. The highest BCUT2D eigenvalue weighted by Crippen LogP contribution is 2.39. The van der Waals surface area contributed by atoms with Gasteiger partial charge in [-0.2, -0.15) is 0 Å². The minimum absolute atomic E-state index is 0.0307. The third-order valence-corrected chi connectivity index (χ3v) is 4.55. The van der Waals surface area contributed by atoms with Gasteiger partial charge in [-0.25, -0.2) is 8.78 Å². The Morgan fingerprint density at radius 3 is 2.32 bits per heavy atom. The maximum atomic E-state index is 13.9. The molecular weight excluding hydrogens is 380 g/mol. The first kappa shape index (κ1) is 15.0. The van der Waals surface area contributed by atoms with Crippen LogP contribution in [0.2, 0.25) is 10.0 Å². The fraction of sp³-hybridized carbons (Fsp3) is 0.0769. The van der Waals surface area contributed by atoms with Crippen LogP contribution in [0.25, 0.3) is 0 Å². The predicted octanol–water partition coefficient (Wildman–Crippen LogP) is 6.36. The first-order valence-corrected chi connectivity index (χ1v) is 7.12. The van der Waals surface area contributed by atoms with Crippen molar-refractivity contribution in [1.29, 1.82) is 0 Å². The van der Waals surface area contributed by atoms with E-state index in [0.717, 1.165) is 0 Å². The van der Waals surface area contributed by atoms with Crippen LogP contribution in [0.3, 0.4) is 0 Å². The Morgan fingerprint density at radius 2 is 1.68 bits per heavy atom. The third kappa shape index (κ3) is 3.05. The Morgan fingerprint density at radius 1 is 1.00 bits per heavy atom. The van der Waals surface area contributed by atoms with Gasteiger partial charge in [0.25, 0.3) is 0 Å². The van der Waals surface area contributed by atoms with Crippen molar-refractivity contribution < 1.29 is 8.78 Å². The van der Waals surface area contributed by atoms with Gasteiger partial charge in [-0.3, -0.25) is 0 Å². The van der Waals surface area contributed by atoms with E-state index in [2.05, 4.69) is 15.9 Å². The molecule has 0 nitrogen and oxygen atoms in total. The van der Waals surface area contributed by atoms with Gasteiger partial charge in [-0.05, 0) is 40.2 Å². The van der Waals surface area contributed by atoms with Crippen LogP contribution >= 0.6 is 50.7 Å². The van der Waals surface area contributed by atoms with E-state index in [0.29, 0.717) is 4.47 Å². The van der Waals surface area contributed by atoms with E-state index in [-0.39, 0.29) is 21.2 Å². The van der Waals surface area contributed by atoms with E-state index in [9.17, 15) is 8.78 Å². The molecular formula is C13H6BrCl3F2. The number of hydrogen-bond acceptors (Lipinski definition) is 0. The number of hydrogen-bond donors (Lipinski definition) is 0. The van der Waals surface area contributed by atoms with E-state index < -0.39 is 17.0 Å². The van der Waals surface area contributed by atoms with Crippen LogP contribution in [0.1, 0.15) is 16.5 Å². The van der Waals surface area contributed by atoms with Crippen LogP contribution in [0.5, 0.6) is 0 Å². The maximum absolute atomic E-state index is 13.9. The van der Waals surface area contributed by atoms with E-state index in [1.807, 2.05) is 0 Å². The van der Waals surface area contributed by atoms with Crippen LogP contribution in [-0.4, -0.2) is 0 Å². The monoisotopic (exact) mass is 384 g/mol. The summed E-state index contributed by atoms with van der Waals surface area (Å²) in [5, 5.41) is -0.632. The highest BCUT2D eigenvalue weighted by Gasteiger charge is 2.22. The second-order valence-electron chi connectivity index (χ2n) is 3.79. The SMILES string of the molecule is Fc1cc(Br)c(Cl)cc1C(Cl)c1c(F)cccc1Cl. The van der Waals surface area contributed by atoms with Gasteiger partial charge in [0.1, 0.15) is 11.6 Å². The van der Waals surface area contributed by atoms with E-state index in [1.165, 1.54) is 30.3 Å². The summed E-state index contributed by atoms with van der Waals surface area (Å²) < 4.78 is 28.1. The van der Waals surface area contributed by atoms with Crippen molar-refractivity contribution in [2.75, 3.05) is 0 Å². The summed E-state index contributed by atoms with van der Waals surface area (Å²) in [5.41, 5.74) is 0.102. The van der Waals surface area contributed by atoms with Crippen molar-refractivity contribution >= 4 is 50.7 Å².